The van der Waals surface area contributed by atoms with Crippen LogP contribution in [-0.4, -0.2) is 41.5 Å². The van der Waals surface area contributed by atoms with Crippen LogP contribution in [0.1, 0.15) is 39.3 Å². The predicted octanol–water partition coefficient (Wildman–Crippen LogP) is 2.08. The maximum atomic E-state index is 11.6. The van der Waals surface area contributed by atoms with Crippen LogP contribution in [0.4, 0.5) is 5.13 Å². The van der Waals surface area contributed by atoms with Gasteiger partial charge in [0.05, 0.1) is 5.69 Å². The highest BCUT2D eigenvalue weighted by Crippen LogP contribution is 2.26. The molecule has 1 fully saturated rings. The van der Waals surface area contributed by atoms with E-state index in [0.29, 0.717) is 19.1 Å². The van der Waals surface area contributed by atoms with Gasteiger partial charge >= 0.3 is 0 Å². The second-order valence-corrected chi connectivity index (χ2v) is 6.71. The highest BCUT2D eigenvalue weighted by atomic mass is 32.1. The third-order valence-corrected chi connectivity index (χ3v) is 5.12. The van der Waals surface area contributed by atoms with E-state index in [2.05, 4.69) is 22.2 Å². The Labute approximate surface area is 131 Å². The quantitative estimate of drug-likeness (QED) is 0.904. The summed E-state index contributed by atoms with van der Waals surface area (Å²) in [6, 6.07) is 0.453. The summed E-state index contributed by atoms with van der Waals surface area (Å²) in [6.45, 7) is 9.14. The molecule has 0 spiro atoms. The van der Waals surface area contributed by atoms with Crippen LogP contribution in [0.5, 0.6) is 0 Å². The number of anilines is 1. The Morgan fingerprint density at radius 1 is 1.62 bits per heavy atom. The molecule has 1 aliphatic heterocycles. The second kappa shape index (κ2) is 7.33. The summed E-state index contributed by atoms with van der Waals surface area (Å²) in [4.78, 5) is 20.3. The van der Waals surface area contributed by atoms with Gasteiger partial charge in [-0.05, 0) is 32.2 Å². The summed E-state index contributed by atoms with van der Waals surface area (Å²) in [5.74, 6) is 0.805. The Kier molecular flexibility index (Phi) is 5.72. The highest BCUT2D eigenvalue weighted by molar-refractivity contribution is 7.14. The fourth-order valence-corrected chi connectivity index (χ4v) is 3.87. The number of nitrogens with zero attached hydrogens (tertiary/aromatic N) is 3. The molecule has 0 bridgehead atoms. The van der Waals surface area contributed by atoms with Crippen LogP contribution < -0.4 is 10.6 Å². The molecule has 1 aromatic heterocycles. The van der Waals surface area contributed by atoms with Crippen molar-refractivity contribution in [2.45, 2.75) is 46.2 Å². The van der Waals surface area contributed by atoms with E-state index in [-0.39, 0.29) is 5.91 Å². The monoisotopic (exact) mass is 310 g/mol. The van der Waals surface area contributed by atoms with Crippen molar-refractivity contribution in [1.82, 2.24) is 9.88 Å². The van der Waals surface area contributed by atoms with Gasteiger partial charge in [0.15, 0.2) is 5.13 Å². The van der Waals surface area contributed by atoms with Crippen LogP contribution >= 0.6 is 11.3 Å². The number of thiazole rings is 1. The van der Waals surface area contributed by atoms with Crippen LogP contribution in [0, 0.1) is 5.92 Å². The number of piperidine rings is 1. The van der Waals surface area contributed by atoms with Crippen molar-refractivity contribution in [3.05, 3.63) is 11.1 Å². The van der Waals surface area contributed by atoms with Gasteiger partial charge in [-0.25, -0.2) is 4.98 Å². The molecule has 118 valence electrons. The van der Waals surface area contributed by atoms with Gasteiger partial charge in [-0.1, -0.05) is 6.92 Å². The number of aromatic nitrogens is 1. The van der Waals surface area contributed by atoms with Gasteiger partial charge in [0.25, 0.3) is 0 Å². The van der Waals surface area contributed by atoms with E-state index in [9.17, 15) is 4.79 Å². The van der Waals surface area contributed by atoms with Gasteiger partial charge in [-0.3, -0.25) is 14.6 Å². The smallest absolute Gasteiger partial charge is 0.225 e. The molecule has 5 nitrogen and oxygen atoms in total. The van der Waals surface area contributed by atoms with Gasteiger partial charge in [0, 0.05) is 38.0 Å². The molecule has 1 amide bonds. The van der Waals surface area contributed by atoms with Crippen LogP contribution in [-0.2, 0) is 11.3 Å². The van der Waals surface area contributed by atoms with Gasteiger partial charge < -0.3 is 5.73 Å². The van der Waals surface area contributed by atoms with Crippen molar-refractivity contribution in [3.8, 4) is 0 Å². The fourth-order valence-electron chi connectivity index (χ4n) is 2.95. The second-order valence-electron chi connectivity index (χ2n) is 5.87. The maximum Gasteiger partial charge on any atom is 0.225 e. The Balaban J connectivity index is 2.03. The summed E-state index contributed by atoms with van der Waals surface area (Å²) in [5.41, 5.74) is 6.96. The Hall–Kier alpha value is -0.980. The molecule has 2 N–H and O–H groups in total. The number of likely N-dealkylation sites (tertiary alicyclic amines) is 1. The molecule has 21 heavy (non-hydrogen) atoms. The first-order chi connectivity index (χ1) is 10.0. The molecule has 1 saturated heterocycles. The maximum absolute atomic E-state index is 11.6. The molecule has 0 radical (unpaired) electrons. The van der Waals surface area contributed by atoms with E-state index in [4.69, 9.17) is 5.73 Å². The summed E-state index contributed by atoms with van der Waals surface area (Å²) in [6.07, 6.45) is 2.39. The summed E-state index contributed by atoms with van der Waals surface area (Å²) < 4.78 is 0. The largest absolute Gasteiger partial charge is 0.329 e. The van der Waals surface area contributed by atoms with E-state index >= 15 is 0 Å². The number of amides is 1. The Morgan fingerprint density at radius 3 is 3.00 bits per heavy atom. The van der Waals surface area contributed by atoms with Crippen LogP contribution in [0.25, 0.3) is 0 Å². The van der Waals surface area contributed by atoms with Gasteiger partial charge in [0.1, 0.15) is 0 Å². The average molecular weight is 310 g/mol. The number of carbonyl (C=O) groups excluding carboxylic acids is 1. The first-order valence-corrected chi connectivity index (χ1v) is 8.59. The van der Waals surface area contributed by atoms with E-state index in [1.54, 1.807) is 23.2 Å². The van der Waals surface area contributed by atoms with Gasteiger partial charge in [0.2, 0.25) is 5.91 Å². The molecule has 2 rings (SSSR count). The van der Waals surface area contributed by atoms with E-state index in [0.717, 1.165) is 29.8 Å². The van der Waals surface area contributed by atoms with Crippen molar-refractivity contribution in [3.63, 3.8) is 0 Å². The lowest BCUT2D eigenvalue weighted by Crippen LogP contribution is -2.45. The van der Waals surface area contributed by atoms with Gasteiger partial charge in [-0.15, -0.1) is 11.3 Å². The van der Waals surface area contributed by atoms with E-state index < -0.39 is 0 Å². The average Bonchev–Trinajstić information content (AvgIpc) is 2.89. The molecule has 0 saturated carbocycles. The molecular weight excluding hydrogens is 284 g/mol. The number of rotatable bonds is 5. The number of carbonyl (C=O) groups is 1. The lowest BCUT2D eigenvalue weighted by Gasteiger charge is -2.37. The molecule has 0 aliphatic carbocycles. The molecule has 2 unspecified atom stereocenters. The topological polar surface area (TPSA) is 62.5 Å². The van der Waals surface area contributed by atoms with Crippen molar-refractivity contribution < 1.29 is 4.79 Å². The van der Waals surface area contributed by atoms with Crippen LogP contribution in [0.15, 0.2) is 5.38 Å². The number of nitrogens with two attached hydrogens (primary N) is 1. The van der Waals surface area contributed by atoms with E-state index in [1.165, 1.54) is 12.8 Å². The van der Waals surface area contributed by atoms with Crippen molar-refractivity contribution in [2.24, 2.45) is 11.7 Å². The zero-order valence-electron chi connectivity index (χ0n) is 13.2. The van der Waals surface area contributed by atoms with Crippen LogP contribution in [0.2, 0.25) is 0 Å². The lowest BCUT2D eigenvalue weighted by molar-refractivity contribution is -0.116. The fraction of sp³-hybridized carbons (Fsp3) is 0.733. The zero-order chi connectivity index (χ0) is 15.4. The molecule has 1 aromatic rings. The molecule has 2 atom stereocenters. The first-order valence-electron chi connectivity index (χ1n) is 7.71. The molecule has 0 aromatic carbocycles. The standard InChI is InChI=1S/C15H26N4OS/c1-4-19(12(3)20)15-17-13(10-21-15)9-18-6-5-11(2)7-14(18)8-16/h10-11,14H,4-9,16H2,1-3H3. The third-order valence-electron chi connectivity index (χ3n) is 4.20. The minimum atomic E-state index is 0.0463. The number of hydrogen-bond acceptors (Lipinski definition) is 5. The summed E-state index contributed by atoms with van der Waals surface area (Å²) in [7, 11) is 0. The van der Waals surface area contributed by atoms with Crippen molar-refractivity contribution in [2.75, 3.05) is 24.5 Å². The predicted molar refractivity (Wildman–Crippen MR) is 87.5 cm³/mol. The molecular formula is C15H26N4OS. The van der Waals surface area contributed by atoms with E-state index in [1.807, 2.05) is 6.92 Å². The SMILES string of the molecule is CCN(C(C)=O)c1nc(CN2CCC(C)CC2CN)cs1. The Morgan fingerprint density at radius 2 is 2.38 bits per heavy atom. The first kappa shape index (κ1) is 16.4. The summed E-state index contributed by atoms with van der Waals surface area (Å²) in [5, 5.41) is 2.86. The Bertz CT molecular complexity index is 476. The lowest BCUT2D eigenvalue weighted by atomic mass is 9.92. The summed E-state index contributed by atoms with van der Waals surface area (Å²) >= 11 is 1.54. The molecule has 1 aliphatic rings. The third kappa shape index (κ3) is 4.02. The molecule has 6 heteroatoms. The normalized spacial score (nSPS) is 23.2. The van der Waals surface area contributed by atoms with Crippen molar-refractivity contribution in [1.29, 1.82) is 0 Å². The van der Waals surface area contributed by atoms with Crippen molar-refractivity contribution >= 4 is 22.4 Å². The minimum Gasteiger partial charge on any atom is -0.329 e. The molecule has 2 heterocycles. The highest BCUT2D eigenvalue weighted by Gasteiger charge is 2.26. The minimum absolute atomic E-state index is 0.0463. The van der Waals surface area contributed by atoms with Gasteiger partial charge in [-0.2, -0.15) is 0 Å². The zero-order valence-corrected chi connectivity index (χ0v) is 14.0. The van der Waals surface area contributed by atoms with Crippen LogP contribution in [0.3, 0.4) is 0 Å². The number of hydrogen-bond donors (Lipinski definition) is 1.